The van der Waals surface area contributed by atoms with Gasteiger partial charge in [-0.3, -0.25) is 4.79 Å². The molecule has 0 saturated carbocycles. The summed E-state index contributed by atoms with van der Waals surface area (Å²) in [5.41, 5.74) is 2.71. The van der Waals surface area contributed by atoms with Crippen molar-refractivity contribution in [3.8, 4) is 6.07 Å². The highest BCUT2D eigenvalue weighted by Crippen LogP contribution is 2.28. The molecule has 0 atom stereocenters. The first-order valence-electron chi connectivity index (χ1n) is 6.01. The van der Waals surface area contributed by atoms with Gasteiger partial charge in [-0.1, -0.05) is 12.1 Å². The molecule has 0 unspecified atom stereocenters. The molecule has 0 fully saturated rings. The van der Waals surface area contributed by atoms with E-state index in [4.69, 9.17) is 5.26 Å². The molecule has 0 aliphatic carbocycles. The lowest BCUT2D eigenvalue weighted by molar-refractivity contribution is 0.0790. The molecule has 1 aromatic carbocycles. The fourth-order valence-corrected chi connectivity index (χ4v) is 3.31. The molecule has 2 aromatic rings. The van der Waals surface area contributed by atoms with Crippen LogP contribution in [-0.2, 0) is 6.54 Å². The van der Waals surface area contributed by atoms with E-state index in [1.165, 1.54) is 11.3 Å². The minimum Gasteiger partial charge on any atom is -0.337 e. The van der Waals surface area contributed by atoms with Crippen molar-refractivity contribution >= 4 is 33.2 Å². The average Bonchev–Trinajstić information content (AvgIpc) is 2.78. The molecule has 1 heterocycles. The number of carbonyl (C=O) groups is 1. The van der Waals surface area contributed by atoms with Gasteiger partial charge in [-0.25, -0.2) is 0 Å². The maximum absolute atomic E-state index is 12.3. The van der Waals surface area contributed by atoms with E-state index in [1.54, 1.807) is 24.1 Å². The predicted molar refractivity (Wildman–Crippen MR) is 83.7 cm³/mol. The zero-order valence-corrected chi connectivity index (χ0v) is 13.6. The Kier molecular flexibility index (Phi) is 4.58. The van der Waals surface area contributed by atoms with Gasteiger partial charge in [-0.15, -0.1) is 11.3 Å². The number of carbonyl (C=O) groups excluding carboxylic acids is 1. The van der Waals surface area contributed by atoms with E-state index >= 15 is 0 Å². The van der Waals surface area contributed by atoms with E-state index in [0.29, 0.717) is 12.1 Å². The standard InChI is InChI=1S/C15H13BrN2OS/c1-10-7-13(20-14(10)16)15(19)18(2)9-12-5-3-11(8-17)4-6-12/h3-7H,9H2,1-2H3. The monoisotopic (exact) mass is 348 g/mol. The van der Waals surface area contributed by atoms with E-state index < -0.39 is 0 Å². The zero-order valence-electron chi connectivity index (χ0n) is 11.2. The van der Waals surface area contributed by atoms with Gasteiger partial charge in [0, 0.05) is 13.6 Å². The van der Waals surface area contributed by atoms with E-state index in [0.717, 1.165) is 19.8 Å². The van der Waals surface area contributed by atoms with Gasteiger partial charge in [0.25, 0.3) is 5.91 Å². The topological polar surface area (TPSA) is 44.1 Å². The molecule has 1 aromatic heterocycles. The summed E-state index contributed by atoms with van der Waals surface area (Å²) in [4.78, 5) is 14.7. The number of amides is 1. The molecule has 1 amide bonds. The molecular weight excluding hydrogens is 336 g/mol. The Balaban J connectivity index is 2.09. The molecule has 0 N–H and O–H groups in total. The summed E-state index contributed by atoms with van der Waals surface area (Å²) in [6, 6.07) is 11.2. The summed E-state index contributed by atoms with van der Waals surface area (Å²) >= 11 is 4.88. The number of benzene rings is 1. The summed E-state index contributed by atoms with van der Waals surface area (Å²) < 4.78 is 0.993. The molecule has 0 bridgehead atoms. The van der Waals surface area contributed by atoms with Gasteiger partial charge in [0.1, 0.15) is 0 Å². The lowest BCUT2D eigenvalue weighted by Crippen LogP contribution is -2.25. The van der Waals surface area contributed by atoms with Crippen LogP contribution in [0.5, 0.6) is 0 Å². The Morgan fingerprint density at radius 2 is 2.05 bits per heavy atom. The summed E-state index contributed by atoms with van der Waals surface area (Å²) in [7, 11) is 1.78. The minimum atomic E-state index is 0.00756. The third-order valence-corrected chi connectivity index (χ3v) is 5.04. The lowest BCUT2D eigenvalue weighted by atomic mass is 10.1. The van der Waals surface area contributed by atoms with Gasteiger partial charge in [0.05, 0.1) is 20.3 Å². The van der Waals surface area contributed by atoms with Crippen LogP contribution in [-0.4, -0.2) is 17.9 Å². The predicted octanol–water partition coefficient (Wildman–Crippen LogP) is 3.96. The van der Waals surface area contributed by atoms with Crippen LogP contribution in [0.1, 0.15) is 26.4 Å². The first-order chi connectivity index (χ1) is 9.51. The largest absolute Gasteiger partial charge is 0.337 e. The normalized spacial score (nSPS) is 10.1. The number of hydrogen-bond acceptors (Lipinski definition) is 3. The van der Waals surface area contributed by atoms with E-state index in [2.05, 4.69) is 22.0 Å². The SMILES string of the molecule is Cc1cc(C(=O)N(C)Cc2ccc(C#N)cc2)sc1Br. The lowest BCUT2D eigenvalue weighted by Gasteiger charge is -2.16. The third-order valence-electron chi connectivity index (χ3n) is 2.92. The fraction of sp³-hybridized carbons (Fsp3) is 0.200. The number of halogens is 1. The minimum absolute atomic E-state index is 0.00756. The van der Waals surface area contributed by atoms with Crippen LogP contribution >= 0.6 is 27.3 Å². The highest BCUT2D eigenvalue weighted by Gasteiger charge is 2.15. The van der Waals surface area contributed by atoms with Crippen molar-refractivity contribution in [1.82, 2.24) is 4.90 Å². The third kappa shape index (κ3) is 3.27. The van der Waals surface area contributed by atoms with Gasteiger partial charge >= 0.3 is 0 Å². The van der Waals surface area contributed by atoms with Crippen LogP contribution in [0, 0.1) is 18.3 Å². The Morgan fingerprint density at radius 3 is 2.55 bits per heavy atom. The van der Waals surface area contributed by atoms with E-state index in [9.17, 15) is 4.79 Å². The molecular formula is C15H13BrN2OS. The molecule has 20 heavy (non-hydrogen) atoms. The van der Waals surface area contributed by atoms with Crippen LogP contribution < -0.4 is 0 Å². The highest BCUT2D eigenvalue weighted by molar-refractivity contribution is 9.11. The number of hydrogen-bond donors (Lipinski definition) is 0. The molecule has 0 radical (unpaired) electrons. The molecule has 0 aliphatic heterocycles. The number of aryl methyl sites for hydroxylation is 1. The Hall–Kier alpha value is -1.64. The van der Waals surface area contributed by atoms with Crippen LogP contribution in [0.25, 0.3) is 0 Å². The molecule has 5 heteroatoms. The van der Waals surface area contributed by atoms with E-state index in [1.807, 2.05) is 25.1 Å². The summed E-state index contributed by atoms with van der Waals surface area (Å²) in [6.45, 7) is 2.50. The second kappa shape index (κ2) is 6.21. The van der Waals surface area contributed by atoms with Crippen molar-refractivity contribution < 1.29 is 4.79 Å². The van der Waals surface area contributed by atoms with Gasteiger partial charge < -0.3 is 4.90 Å². The fourth-order valence-electron chi connectivity index (χ4n) is 1.78. The number of rotatable bonds is 3. The van der Waals surface area contributed by atoms with Crippen molar-refractivity contribution in [2.75, 3.05) is 7.05 Å². The average molecular weight is 349 g/mol. The quantitative estimate of drug-likeness (QED) is 0.842. The summed E-state index contributed by atoms with van der Waals surface area (Å²) in [6.07, 6.45) is 0. The highest BCUT2D eigenvalue weighted by atomic mass is 79.9. The van der Waals surface area contributed by atoms with Crippen LogP contribution in [0.4, 0.5) is 0 Å². The van der Waals surface area contributed by atoms with Crippen molar-refractivity contribution in [2.24, 2.45) is 0 Å². The van der Waals surface area contributed by atoms with Crippen LogP contribution in [0.15, 0.2) is 34.1 Å². The Bertz CT molecular complexity index is 651. The zero-order chi connectivity index (χ0) is 14.7. The van der Waals surface area contributed by atoms with Crippen LogP contribution in [0.2, 0.25) is 0 Å². The summed E-state index contributed by atoms with van der Waals surface area (Å²) in [5, 5.41) is 8.76. The Labute approximate surface area is 130 Å². The van der Waals surface area contributed by atoms with Gasteiger partial charge in [0.15, 0.2) is 0 Å². The molecule has 0 spiro atoms. The van der Waals surface area contributed by atoms with Crippen LogP contribution in [0.3, 0.4) is 0 Å². The van der Waals surface area contributed by atoms with Crippen molar-refractivity contribution in [2.45, 2.75) is 13.5 Å². The van der Waals surface area contributed by atoms with Crippen molar-refractivity contribution in [1.29, 1.82) is 5.26 Å². The number of nitriles is 1. The maximum Gasteiger partial charge on any atom is 0.264 e. The molecule has 2 rings (SSSR count). The molecule has 0 saturated heterocycles. The second-order valence-electron chi connectivity index (χ2n) is 4.54. The van der Waals surface area contributed by atoms with E-state index in [-0.39, 0.29) is 5.91 Å². The molecule has 102 valence electrons. The van der Waals surface area contributed by atoms with Gasteiger partial charge in [-0.05, 0) is 52.2 Å². The maximum atomic E-state index is 12.3. The first-order valence-corrected chi connectivity index (χ1v) is 7.62. The number of thiophene rings is 1. The molecule has 3 nitrogen and oxygen atoms in total. The molecule has 0 aliphatic rings. The Morgan fingerprint density at radius 1 is 1.40 bits per heavy atom. The van der Waals surface area contributed by atoms with Gasteiger partial charge in [0.2, 0.25) is 0 Å². The number of nitrogens with zero attached hydrogens (tertiary/aromatic N) is 2. The summed E-state index contributed by atoms with van der Waals surface area (Å²) in [5.74, 6) is 0.00756. The van der Waals surface area contributed by atoms with Crippen molar-refractivity contribution in [3.63, 3.8) is 0 Å². The van der Waals surface area contributed by atoms with Crippen molar-refractivity contribution in [3.05, 3.63) is 55.7 Å². The van der Waals surface area contributed by atoms with Gasteiger partial charge in [-0.2, -0.15) is 5.26 Å². The smallest absolute Gasteiger partial charge is 0.264 e. The second-order valence-corrected chi connectivity index (χ2v) is 6.91. The first kappa shape index (κ1) is 14.8.